The molecule has 17 heavy (non-hydrogen) atoms. The van der Waals surface area contributed by atoms with E-state index in [1.165, 1.54) is 6.07 Å². The molecule has 0 saturated heterocycles. The van der Waals surface area contributed by atoms with E-state index >= 15 is 0 Å². The molecule has 2 rings (SSSR count). The van der Waals surface area contributed by atoms with E-state index in [0.717, 1.165) is 6.26 Å². The fraction of sp³-hybridized carbons (Fsp3) is 0. The Balaban J connectivity index is 2.12. The Morgan fingerprint density at radius 2 is 1.88 bits per heavy atom. The van der Waals surface area contributed by atoms with Gasteiger partial charge in [0.25, 0.3) is 5.91 Å². The van der Waals surface area contributed by atoms with Crippen molar-refractivity contribution in [3.05, 3.63) is 54.0 Å². The third kappa shape index (κ3) is 2.52. The fourth-order valence-electron chi connectivity index (χ4n) is 1.28. The Labute approximate surface area is 96.7 Å². The van der Waals surface area contributed by atoms with E-state index in [1.54, 1.807) is 24.3 Å². The molecule has 0 aliphatic carbocycles. The zero-order valence-corrected chi connectivity index (χ0v) is 8.71. The highest BCUT2D eigenvalue weighted by Crippen LogP contribution is 2.11. The number of carbonyl (C=O) groups excluding carboxylic acids is 1. The van der Waals surface area contributed by atoms with E-state index in [0.29, 0.717) is 5.69 Å². The molecule has 1 heterocycles. The average molecular weight is 231 g/mol. The van der Waals surface area contributed by atoms with Crippen molar-refractivity contribution in [2.45, 2.75) is 0 Å². The summed E-state index contributed by atoms with van der Waals surface area (Å²) in [5.74, 6) is -1.65. The molecule has 0 unspecified atom stereocenters. The number of furan rings is 1. The lowest BCUT2D eigenvalue weighted by molar-refractivity contribution is 0.0696. The summed E-state index contributed by atoms with van der Waals surface area (Å²) in [6.07, 6.45) is 1.03. The largest absolute Gasteiger partial charge is 0.478 e. The zero-order chi connectivity index (χ0) is 12.3. The number of hydrogen-bond acceptors (Lipinski definition) is 3. The first-order valence-electron chi connectivity index (χ1n) is 4.85. The third-order valence-corrected chi connectivity index (χ3v) is 2.10. The molecule has 0 saturated carbocycles. The van der Waals surface area contributed by atoms with Gasteiger partial charge in [-0.15, -0.1) is 0 Å². The van der Waals surface area contributed by atoms with Crippen LogP contribution < -0.4 is 5.32 Å². The Kier molecular flexibility index (Phi) is 2.91. The second-order valence-electron chi connectivity index (χ2n) is 3.32. The molecule has 1 aromatic heterocycles. The summed E-state index contributed by atoms with van der Waals surface area (Å²) < 4.78 is 4.87. The van der Waals surface area contributed by atoms with Gasteiger partial charge in [-0.25, -0.2) is 4.79 Å². The van der Waals surface area contributed by atoms with Gasteiger partial charge in [-0.2, -0.15) is 0 Å². The summed E-state index contributed by atoms with van der Waals surface area (Å²) in [4.78, 5) is 22.3. The van der Waals surface area contributed by atoms with Crippen molar-refractivity contribution < 1.29 is 19.1 Å². The minimum atomic E-state index is -1.13. The molecule has 0 radical (unpaired) electrons. The van der Waals surface area contributed by atoms with Crippen molar-refractivity contribution in [1.82, 2.24) is 0 Å². The van der Waals surface area contributed by atoms with Crippen LogP contribution in [0.4, 0.5) is 5.69 Å². The molecule has 2 aromatic rings. The second kappa shape index (κ2) is 4.52. The maximum Gasteiger partial charge on any atom is 0.338 e. The molecule has 0 spiro atoms. The number of hydrogen-bond donors (Lipinski definition) is 2. The smallest absolute Gasteiger partial charge is 0.338 e. The topological polar surface area (TPSA) is 79.5 Å². The first-order chi connectivity index (χ1) is 8.16. The maximum absolute atomic E-state index is 11.7. The predicted molar refractivity (Wildman–Crippen MR) is 60.1 cm³/mol. The van der Waals surface area contributed by atoms with Crippen LogP contribution in [-0.4, -0.2) is 17.0 Å². The van der Waals surface area contributed by atoms with Crippen LogP contribution in [-0.2, 0) is 0 Å². The fourth-order valence-corrected chi connectivity index (χ4v) is 1.28. The van der Waals surface area contributed by atoms with E-state index in [-0.39, 0.29) is 11.3 Å². The van der Waals surface area contributed by atoms with E-state index in [2.05, 4.69) is 5.32 Å². The van der Waals surface area contributed by atoms with Crippen LogP contribution in [0, 0.1) is 0 Å². The van der Waals surface area contributed by atoms with Crippen molar-refractivity contribution in [1.29, 1.82) is 0 Å². The van der Waals surface area contributed by atoms with E-state index in [9.17, 15) is 9.59 Å². The summed E-state index contributed by atoms with van der Waals surface area (Å²) in [6.45, 7) is 0. The van der Waals surface area contributed by atoms with Crippen LogP contribution in [0.5, 0.6) is 0 Å². The number of para-hydroxylation sites is 1. The number of nitrogens with one attached hydrogen (secondary N) is 1. The van der Waals surface area contributed by atoms with Crippen molar-refractivity contribution in [3.63, 3.8) is 0 Å². The van der Waals surface area contributed by atoms with E-state index in [1.807, 2.05) is 6.07 Å². The van der Waals surface area contributed by atoms with E-state index in [4.69, 9.17) is 9.52 Å². The van der Waals surface area contributed by atoms with Crippen LogP contribution in [0.25, 0.3) is 0 Å². The minimum absolute atomic E-state index is 0.0359. The van der Waals surface area contributed by atoms with Crippen molar-refractivity contribution >= 4 is 17.6 Å². The molecule has 1 amide bonds. The molecule has 0 aliphatic rings. The molecule has 0 fully saturated rings. The van der Waals surface area contributed by atoms with Gasteiger partial charge in [0.1, 0.15) is 6.26 Å². The number of amides is 1. The number of carboxylic acid groups (broad SMARTS) is 1. The van der Waals surface area contributed by atoms with Crippen molar-refractivity contribution in [2.75, 3.05) is 5.32 Å². The minimum Gasteiger partial charge on any atom is -0.478 e. The maximum atomic E-state index is 11.7. The third-order valence-electron chi connectivity index (χ3n) is 2.10. The molecule has 86 valence electrons. The summed E-state index contributed by atoms with van der Waals surface area (Å²) in [7, 11) is 0. The summed E-state index contributed by atoms with van der Waals surface area (Å²) in [5, 5.41) is 11.3. The van der Waals surface area contributed by atoms with Gasteiger partial charge < -0.3 is 14.8 Å². The van der Waals surface area contributed by atoms with Crippen molar-refractivity contribution in [2.24, 2.45) is 0 Å². The lowest BCUT2D eigenvalue weighted by Crippen LogP contribution is -2.10. The quantitative estimate of drug-likeness (QED) is 0.848. The van der Waals surface area contributed by atoms with Gasteiger partial charge in [0, 0.05) is 11.8 Å². The number of rotatable bonds is 3. The molecule has 0 atom stereocenters. The van der Waals surface area contributed by atoms with E-state index < -0.39 is 11.9 Å². The molecule has 1 aromatic carbocycles. The Hall–Kier alpha value is -2.56. The van der Waals surface area contributed by atoms with Gasteiger partial charge >= 0.3 is 5.97 Å². The lowest BCUT2D eigenvalue weighted by atomic mass is 10.3. The van der Waals surface area contributed by atoms with Crippen LogP contribution in [0.3, 0.4) is 0 Å². The second-order valence-corrected chi connectivity index (χ2v) is 3.32. The van der Waals surface area contributed by atoms with Crippen LogP contribution in [0.1, 0.15) is 20.9 Å². The molecule has 5 heteroatoms. The van der Waals surface area contributed by atoms with Gasteiger partial charge in [-0.1, -0.05) is 18.2 Å². The average Bonchev–Trinajstić information content (AvgIpc) is 2.79. The Bertz CT molecular complexity index is 545. The monoisotopic (exact) mass is 231 g/mol. The number of carbonyl (C=O) groups is 2. The summed E-state index contributed by atoms with van der Waals surface area (Å²) in [5.41, 5.74) is 0.564. The lowest BCUT2D eigenvalue weighted by Gasteiger charge is -2.01. The molecule has 0 bridgehead atoms. The van der Waals surface area contributed by atoms with Gasteiger partial charge in [-0.3, -0.25) is 4.79 Å². The Morgan fingerprint density at radius 1 is 1.18 bits per heavy atom. The number of aromatic carboxylic acids is 1. The highest BCUT2D eigenvalue weighted by molar-refractivity contribution is 6.03. The van der Waals surface area contributed by atoms with Gasteiger partial charge in [0.15, 0.2) is 5.76 Å². The first-order valence-corrected chi connectivity index (χ1v) is 4.85. The molecule has 2 N–H and O–H groups in total. The van der Waals surface area contributed by atoms with Gasteiger partial charge in [-0.05, 0) is 12.1 Å². The Morgan fingerprint density at radius 3 is 2.47 bits per heavy atom. The normalized spacial score (nSPS) is 9.88. The number of carboxylic acids is 1. The van der Waals surface area contributed by atoms with Crippen LogP contribution in [0.15, 0.2) is 47.1 Å². The highest BCUT2D eigenvalue weighted by Gasteiger charge is 2.14. The molecular formula is C12H9NO4. The predicted octanol–water partition coefficient (Wildman–Crippen LogP) is 2.23. The number of benzene rings is 1. The molecule has 0 aliphatic heterocycles. The van der Waals surface area contributed by atoms with Crippen LogP contribution >= 0.6 is 0 Å². The molecule has 5 nitrogen and oxygen atoms in total. The van der Waals surface area contributed by atoms with Crippen molar-refractivity contribution in [3.8, 4) is 0 Å². The standard InChI is InChI=1S/C12H9NO4/c14-11(13-9-4-2-1-3-5-9)10-6-8(7-17-10)12(15)16/h1-7H,(H,13,14)(H,15,16). The first kappa shape index (κ1) is 10.9. The molecular weight excluding hydrogens is 222 g/mol. The zero-order valence-electron chi connectivity index (χ0n) is 8.71. The SMILES string of the molecule is O=C(O)c1coc(C(=O)Nc2ccccc2)c1. The van der Waals surface area contributed by atoms with Gasteiger partial charge in [0.05, 0.1) is 5.56 Å². The van der Waals surface area contributed by atoms with Crippen LogP contribution in [0.2, 0.25) is 0 Å². The highest BCUT2D eigenvalue weighted by atomic mass is 16.4. The number of anilines is 1. The summed E-state index contributed by atoms with van der Waals surface area (Å²) in [6, 6.07) is 10.0. The summed E-state index contributed by atoms with van der Waals surface area (Å²) >= 11 is 0. The van der Waals surface area contributed by atoms with Gasteiger partial charge in [0.2, 0.25) is 0 Å².